The molecular formula is C22H28N2O5S. The third-order valence-electron chi connectivity index (χ3n) is 4.95. The van der Waals surface area contributed by atoms with Crippen molar-refractivity contribution < 1.29 is 23.8 Å². The molecule has 0 bridgehead atoms. The number of amides is 1. The van der Waals surface area contributed by atoms with Gasteiger partial charge in [0.05, 0.1) is 37.6 Å². The van der Waals surface area contributed by atoms with E-state index >= 15 is 0 Å². The number of thioether (sulfide) groups is 1. The smallest absolute Gasteiger partial charge is 0.338 e. The van der Waals surface area contributed by atoms with Gasteiger partial charge in [0, 0.05) is 12.2 Å². The molecule has 3 rings (SSSR count). The van der Waals surface area contributed by atoms with Gasteiger partial charge >= 0.3 is 5.97 Å². The fraction of sp³-hybridized carbons (Fsp3) is 0.500. The van der Waals surface area contributed by atoms with Gasteiger partial charge in [-0.15, -0.1) is 0 Å². The van der Waals surface area contributed by atoms with Crippen molar-refractivity contribution in [2.45, 2.75) is 46.1 Å². The van der Waals surface area contributed by atoms with Gasteiger partial charge in [-0.2, -0.15) is 0 Å². The maximum atomic E-state index is 12.8. The largest absolute Gasteiger partial charge is 0.490 e. The SMILES string of the molecule is CCCCOc1ccc([C@H]2C(C(=O)OC)=C(C)N=C3SCCC(=O)N32)cc1OCC. The molecule has 1 amide bonds. The topological polar surface area (TPSA) is 77.4 Å². The first-order valence-electron chi connectivity index (χ1n) is 10.2. The number of amidine groups is 1. The molecule has 1 fully saturated rings. The van der Waals surface area contributed by atoms with E-state index in [4.69, 9.17) is 14.2 Å². The second kappa shape index (κ2) is 10.0. The minimum atomic E-state index is -0.617. The second-order valence-corrected chi connectivity index (χ2v) is 8.05. The van der Waals surface area contributed by atoms with Crippen molar-refractivity contribution in [3.8, 4) is 11.5 Å². The average molecular weight is 433 g/mol. The molecular weight excluding hydrogens is 404 g/mol. The number of benzene rings is 1. The predicted octanol–water partition coefficient (Wildman–Crippen LogP) is 4.09. The van der Waals surface area contributed by atoms with Crippen LogP contribution in [0.15, 0.2) is 34.5 Å². The van der Waals surface area contributed by atoms with Crippen molar-refractivity contribution in [3.63, 3.8) is 0 Å². The zero-order valence-corrected chi connectivity index (χ0v) is 18.7. The molecule has 0 saturated carbocycles. The Hall–Kier alpha value is -2.48. The number of carbonyl (C=O) groups excluding carboxylic acids is 2. The molecule has 0 spiro atoms. The van der Waals surface area contributed by atoms with E-state index < -0.39 is 12.0 Å². The number of nitrogens with zero attached hydrogens (tertiary/aromatic N) is 2. The zero-order valence-electron chi connectivity index (χ0n) is 17.9. The van der Waals surface area contributed by atoms with Crippen LogP contribution in [-0.4, -0.2) is 48.0 Å². The van der Waals surface area contributed by atoms with E-state index in [0.717, 1.165) is 18.4 Å². The molecule has 8 heteroatoms. The first kappa shape index (κ1) is 22.2. The summed E-state index contributed by atoms with van der Waals surface area (Å²) in [5.41, 5.74) is 1.67. The Morgan fingerprint density at radius 2 is 2.07 bits per heavy atom. The van der Waals surface area contributed by atoms with Gasteiger partial charge in [-0.1, -0.05) is 31.2 Å². The number of esters is 1. The van der Waals surface area contributed by atoms with Crippen molar-refractivity contribution in [1.29, 1.82) is 0 Å². The molecule has 0 radical (unpaired) electrons. The van der Waals surface area contributed by atoms with E-state index in [0.29, 0.717) is 53.3 Å². The number of hydrogen-bond donors (Lipinski definition) is 0. The van der Waals surface area contributed by atoms with Gasteiger partial charge in [-0.05, 0) is 38.0 Å². The van der Waals surface area contributed by atoms with E-state index in [1.807, 2.05) is 25.1 Å². The monoisotopic (exact) mass is 432 g/mol. The number of hydrogen-bond acceptors (Lipinski definition) is 7. The van der Waals surface area contributed by atoms with E-state index in [9.17, 15) is 9.59 Å². The maximum absolute atomic E-state index is 12.8. The summed E-state index contributed by atoms with van der Waals surface area (Å²) >= 11 is 1.52. The maximum Gasteiger partial charge on any atom is 0.338 e. The summed E-state index contributed by atoms with van der Waals surface area (Å²) in [5.74, 6) is 1.36. The highest BCUT2D eigenvalue weighted by atomic mass is 32.2. The third kappa shape index (κ3) is 4.48. The highest BCUT2D eigenvalue weighted by molar-refractivity contribution is 8.14. The van der Waals surface area contributed by atoms with Crippen LogP contribution in [0, 0.1) is 0 Å². The Kier molecular flexibility index (Phi) is 7.42. The van der Waals surface area contributed by atoms with Gasteiger partial charge in [0.2, 0.25) is 5.91 Å². The summed E-state index contributed by atoms with van der Waals surface area (Å²) in [6.45, 7) is 6.86. The third-order valence-corrected chi connectivity index (χ3v) is 5.91. The van der Waals surface area contributed by atoms with Gasteiger partial charge in [-0.25, -0.2) is 9.79 Å². The number of methoxy groups -OCH3 is 1. The number of allylic oxidation sites excluding steroid dienone is 1. The molecule has 1 atom stereocenters. The van der Waals surface area contributed by atoms with Crippen LogP contribution in [0.25, 0.3) is 0 Å². The zero-order chi connectivity index (χ0) is 21.7. The fourth-order valence-electron chi connectivity index (χ4n) is 3.49. The van der Waals surface area contributed by atoms with Gasteiger partial charge < -0.3 is 14.2 Å². The first-order chi connectivity index (χ1) is 14.5. The molecule has 2 aliphatic rings. The molecule has 7 nitrogen and oxygen atoms in total. The molecule has 0 aliphatic carbocycles. The van der Waals surface area contributed by atoms with Crippen molar-refractivity contribution in [3.05, 3.63) is 35.0 Å². The number of ether oxygens (including phenoxy) is 3. The number of fused-ring (bicyclic) bond motifs is 1. The Morgan fingerprint density at radius 3 is 2.77 bits per heavy atom. The number of rotatable bonds is 8. The van der Waals surface area contributed by atoms with Gasteiger partial charge in [0.1, 0.15) is 0 Å². The lowest BCUT2D eigenvalue weighted by Gasteiger charge is -2.38. The Bertz CT molecular complexity index is 880. The molecule has 30 heavy (non-hydrogen) atoms. The van der Waals surface area contributed by atoms with Crippen LogP contribution in [0.2, 0.25) is 0 Å². The molecule has 2 aliphatic heterocycles. The molecule has 1 aromatic rings. The number of unbranched alkanes of at least 4 members (excludes halogenated alkanes) is 1. The van der Waals surface area contributed by atoms with Crippen LogP contribution in [0.4, 0.5) is 0 Å². The minimum absolute atomic E-state index is 0.0624. The summed E-state index contributed by atoms with van der Waals surface area (Å²) in [6, 6.07) is 4.95. The predicted molar refractivity (Wildman–Crippen MR) is 117 cm³/mol. The van der Waals surface area contributed by atoms with Crippen molar-refractivity contribution in [2.24, 2.45) is 4.99 Å². The van der Waals surface area contributed by atoms with E-state index in [-0.39, 0.29) is 5.91 Å². The van der Waals surface area contributed by atoms with E-state index in [1.54, 1.807) is 11.8 Å². The summed E-state index contributed by atoms with van der Waals surface area (Å²) in [4.78, 5) is 31.6. The number of carbonyl (C=O) groups is 2. The summed E-state index contributed by atoms with van der Waals surface area (Å²) in [5, 5.41) is 0.614. The van der Waals surface area contributed by atoms with Gasteiger partial charge in [0.15, 0.2) is 16.7 Å². The summed E-state index contributed by atoms with van der Waals surface area (Å²) in [7, 11) is 1.34. The lowest BCUT2D eigenvalue weighted by Crippen LogP contribution is -2.45. The van der Waals surface area contributed by atoms with Crippen LogP contribution >= 0.6 is 11.8 Å². The van der Waals surface area contributed by atoms with Crippen LogP contribution in [0.3, 0.4) is 0 Å². The van der Waals surface area contributed by atoms with Crippen LogP contribution < -0.4 is 9.47 Å². The molecule has 0 unspecified atom stereocenters. The highest BCUT2D eigenvalue weighted by Crippen LogP contribution is 2.42. The second-order valence-electron chi connectivity index (χ2n) is 6.99. The Balaban J connectivity index is 2.07. The van der Waals surface area contributed by atoms with Crippen LogP contribution in [0.1, 0.15) is 51.6 Å². The van der Waals surface area contributed by atoms with Crippen LogP contribution in [0.5, 0.6) is 11.5 Å². The van der Waals surface area contributed by atoms with E-state index in [2.05, 4.69) is 11.9 Å². The van der Waals surface area contributed by atoms with Crippen molar-refractivity contribution in [1.82, 2.24) is 4.90 Å². The molecule has 0 aromatic heterocycles. The molecule has 162 valence electrons. The lowest BCUT2D eigenvalue weighted by atomic mass is 9.94. The summed E-state index contributed by atoms with van der Waals surface area (Å²) < 4.78 is 16.7. The average Bonchev–Trinajstić information content (AvgIpc) is 2.74. The molecule has 2 heterocycles. The fourth-order valence-corrected chi connectivity index (χ4v) is 4.50. The van der Waals surface area contributed by atoms with Crippen molar-refractivity contribution >= 4 is 28.8 Å². The summed E-state index contributed by atoms with van der Waals surface area (Å²) in [6.07, 6.45) is 2.38. The van der Waals surface area contributed by atoms with E-state index in [1.165, 1.54) is 18.9 Å². The first-order valence-corrected chi connectivity index (χ1v) is 11.2. The Labute approximate surface area is 181 Å². The lowest BCUT2D eigenvalue weighted by molar-refractivity contribution is -0.137. The quantitative estimate of drug-likeness (QED) is 0.455. The standard InChI is InChI=1S/C22H28N2O5S/c1-5-7-11-29-16-9-8-15(13-17(16)28-6-2)20-19(21(26)27-4)14(3)23-22-24(20)18(25)10-12-30-22/h8-9,13,20H,5-7,10-12H2,1-4H3/t20-/m0/s1. The molecule has 1 saturated heterocycles. The van der Waals surface area contributed by atoms with Crippen molar-refractivity contribution in [2.75, 3.05) is 26.1 Å². The highest BCUT2D eigenvalue weighted by Gasteiger charge is 2.41. The Morgan fingerprint density at radius 1 is 1.27 bits per heavy atom. The normalized spacial score (nSPS) is 18.7. The molecule has 0 N–H and O–H groups in total. The molecule has 1 aromatic carbocycles. The van der Waals surface area contributed by atoms with Gasteiger partial charge in [0.25, 0.3) is 0 Å². The number of aliphatic imine (C=N–C) groups is 1. The minimum Gasteiger partial charge on any atom is -0.490 e. The van der Waals surface area contributed by atoms with Gasteiger partial charge in [-0.3, -0.25) is 9.69 Å². The van der Waals surface area contributed by atoms with Crippen LogP contribution in [-0.2, 0) is 14.3 Å².